The normalized spacial score (nSPS) is 11.9. The van der Waals surface area contributed by atoms with Crippen molar-refractivity contribution in [2.24, 2.45) is 0 Å². The number of rotatable bonds is 0. The standard InChI is InChI=1S/C16H9F3O/c17-16(18,19)13-7-3-6-12-14(20)9-8-10-4-1-2-5-11(10)15(12)13/h1-9H. The Hall–Kier alpha value is -2.36. The van der Waals surface area contributed by atoms with Gasteiger partial charge in [-0.05, 0) is 22.9 Å². The number of hydrogen-bond donors (Lipinski definition) is 0. The van der Waals surface area contributed by atoms with Crippen molar-refractivity contribution in [3.05, 3.63) is 70.4 Å². The molecular weight excluding hydrogens is 265 g/mol. The van der Waals surface area contributed by atoms with Gasteiger partial charge in [0.2, 0.25) is 0 Å². The van der Waals surface area contributed by atoms with Crippen LogP contribution in [-0.4, -0.2) is 0 Å². The molecule has 0 fully saturated rings. The van der Waals surface area contributed by atoms with Gasteiger partial charge in [0.05, 0.1) is 5.56 Å². The molecule has 0 aliphatic rings. The van der Waals surface area contributed by atoms with Crippen molar-refractivity contribution in [3.63, 3.8) is 0 Å². The van der Waals surface area contributed by atoms with Crippen LogP contribution >= 0.6 is 0 Å². The van der Waals surface area contributed by atoms with Gasteiger partial charge < -0.3 is 0 Å². The summed E-state index contributed by atoms with van der Waals surface area (Å²) in [4.78, 5) is 12.0. The molecule has 4 heteroatoms. The topological polar surface area (TPSA) is 17.1 Å². The first kappa shape index (κ1) is 12.7. The summed E-state index contributed by atoms with van der Waals surface area (Å²) in [6, 6.07) is 13.3. The average molecular weight is 274 g/mol. The molecule has 0 aliphatic heterocycles. The summed E-state index contributed by atoms with van der Waals surface area (Å²) in [6.07, 6.45) is -4.50. The van der Waals surface area contributed by atoms with Gasteiger partial charge in [-0.2, -0.15) is 13.2 Å². The molecule has 0 aromatic heterocycles. The largest absolute Gasteiger partial charge is 0.417 e. The zero-order valence-corrected chi connectivity index (χ0v) is 10.2. The minimum Gasteiger partial charge on any atom is -0.289 e. The summed E-state index contributed by atoms with van der Waals surface area (Å²) in [5, 5.41) is 1.08. The molecule has 0 aliphatic carbocycles. The van der Waals surface area contributed by atoms with E-state index in [1.165, 1.54) is 18.2 Å². The maximum absolute atomic E-state index is 13.2. The number of alkyl halides is 3. The zero-order chi connectivity index (χ0) is 14.3. The SMILES string of the molecule is O=c1ccc2ccccc2c2c(C(F)(F)F)cccc12. The van der Waals surface area contributed by atoms with E-state index in [-0.39, 0.29) is 10.8 Å². The van der Waals surface area contributed by atoms with E-state index in [2.05, 4.69) is 0 Å². The third kappa shape index (κ3) is 1.93. The molecule has 0 N–H and O–H groups in total. The van der Waals surface area contributed by atoms with Crippen molar-refractivity contribution in [2.45, 2.75) is 6.18 Å². The predicted octanol–water partition coefficient (Wildman–Crippen LogP) is 4.37. The number of halogens is 3. The number of fused-ring (bicyclic) bond motifs is 3. The summed E-state index contributed by atoms with van der Waals surface area (Å²) in [6.45, 7) is 0. The molecule has 0 spiro atoms. The van der Waals surface area contributed by atoms with Crippen LogP contribution in [0.2, 0.25) is 0 Å². The molecule has 0 saturated carbocycles. The van der Waals surface area contributed by atoms with Crippen molar-refractivity contribution >= 4 is 21.5 Å². The van der Waals surface area contributed by atoms with Crippen LogP contribution in [0.1, 0.15) is 5.56 Å². The van der Waals surface area contributed by atoms with Gasteiger partial charge in [0.15, 0.2) is 5.43 Å². The van der Waals surface area contributed by atoms with Gasteiger partial charge in [-0.15, -0.1) is 0 Å². The highest BCUT2D eigenvalue weighted by molar-refractivity contribution is 6.07. The quantitative estimate of drug-likeness (QED) is 0.595. The van der Waals surface area contributed by atoms with E-state index in [9.17, 15) is 18.0 Å². The molecule has 0 atom stereocenters. The van der Waals surface area contributed by atoms with Crippen LogP contribution in [-0.2, 0) is 6.18 Å². The van der Waals surface area contributed by atoms with Gasteiger partial charge >= 0.3 is 6.18 Å². The fourth-order valence-electron chi connectivity index (χ4n) is 2.41. The molecule has 0 heterocycles. The second-order valence-corrected chi connectivity index (χ2v) is 4.51. The molecule has 100 valence electrons. The molecule has 0 bridgehead atoms. The number of hydrogen-bond acceptors (Lipinski definition) is 1. The third-order valence-corrected chi connectivity index (χ3v) is 3.28. The average Bonchev–Trinajstić information content (AvgIpc) is 2.56. The van der Waals surface area contributed by atoms with Crippen molar-refractivity contribution in [2.75, 3.05) is 0 Å². The molecule has 0 saturated heterocycles. The van der Waals surface area contributed by atoms with Crippen LogP contribution in [0.25, 0.3) is 21.5 Å². The molecule has 0 unspecified atom stereocenters. The zero-order valence-electron chi connectivity index (χ0n) is 10.2. The summed E-state index contributed by atoms with van der Waals surface area (Å²) in [5.74, 6) is 0. The van der Waals surface area contributed by atoms with E-state index < -0.39 is 17.2 Å². The Labute approximate surface area is 112 Å². The molecule has 3 aromatic carbocycles. The lowest BCUT2D eigenvalue weighted by atomic mass is 10.0. The lowest BCUT2D eigenvalue weighted by Crippen LogP contribution is -2.07. The van der Waals surface area contributed by atoms with E-state index in [1.807, 2.05) is 0 Å². The van der Waals surface area contributed by atoms with Crippen LogP contribution in [0.3, 0.4) is 0 Å². The lowest BCUT2D eigenvalue weighted by Gasteiger charge is -2.10. The monoisotopic (exact) mass is 274 g/mol. The second-order valence-electron chi connectivity index (χ2n) is 4.51. The molecular formula is C16H9F3O. The van der Waals surface area contributed by atoms with Gasteiger partial charge in [-0.25, -0.2) is 0 Å². The molecule has 0 amide bonds. The summed E-state index contributed by atoms with van der Waals surface area (Å²) >= 11 is 0. The van der Waals surface area contributed by atoms with E-state index in [0.29, 0.717) is 10.8 Å². The highest BCUT2D eigenvalue weighted by atomic mass is 19.4. The van der Waals surface area contributed by atoms with E-state index in [4.69, 9.17) is 0 Å². The van der Waals surface area contributed by atoms with E-state index >= 15 is 0 Å². The number of benzene rings is 2. The highest BCUT2D eigenvalue weighted by Gasteiger charge is 2.33. The fraction of sp³-hybridized carbons (Fsp3) is 0.0625. The van der Waals surface area contributed by atoms with Crippen LogP contribution in [0.5, 0.6) is 0 Å². The van der Waals surface area contributed by atoms with Gasteiger partial charge in [-0.1, -0.05) is 42.5 Å². The second kappa shape index (κ2) is 4.34. The Balaban J connectivity index is 2.70. The predicted molar refractivity (Wildman–Crippen MR) is 72.7 cm³/mol. The molecule has 0 radical (unpaired) electrons. The van der Waals surface area contributed by atoms with Gasteiger partial charge in [0.25, 0.3) is 0 Å². The Morgan fingerprint density at radius 3 is 2.20 bits per heavy atom. The minimum atomic E-state index is -4.50. The van der Waals surface area contributed by atoms with Crippen molar-refractivity contribution in [1.82, 2.24) is 0 Å². The summed E-state index contributed by atoms with van der Waals surface area (Å²) < 4.78 is 39.6. The summed E-state index contributed by atoms with van der Waals surface area (Å²) in [7, 11) is 0. The third-order valence-electron chi connectivity index (χ3n) is 3.28. The molecule has 1 nitrogen and oxygen atoms in total. The molecule has 3 rings (SSSR count). The smallest absolute Gasteiger partial charge is 0.289 e. The van der Waals surface area contributed by atoms with Crippen LogP contribution in [0, 0.1) is 0 Å². The summed E-state index contributed by atoms with van der Waals surface area (Å²) in [5.41, 5.74) is -1.19. The minimum absolute atomic E-state index is 0.0365. The van der Waals surface area contributed by atoms with Crippen LogP contribution in [0.4, 0.5) is 13.2 Å². The van der Waals surface area contributed by atoms with E-state index in [1.54, 1.807) is 30.3 Å². The van der Waals surface area contributed by atoms with Gasteiger partial charge in [-0.3, -0.25) is 4.79 Å². The Bertz CT molecular complexity index is 866. The lowest BCUT2D eigenvalue weighted by molar-refractivity contribution is -0.136. The van der Waals surface area contributed by atoms with Crippen LogP contribution in [0.15, 0.2) is 59.4 Å². The van der Waals surface area contributed by atoms with Crippen LogP contribution < -0.4 is 5.43 Å². The van der Waals surface area contributed by atoms with Gasteiger partial charge in [0.1, 0.15) is 0 Å². The Kier molecular flexibility index (Phi) is 2.74. The first-order valence-corrected chi connectivity index (χ1v) is 6.00. The Morgan fingerprint density at radius 1 is 0.750 bits per heavy atom. The molecule has 20 heavy (non-hydrogen) atoms. The maximum atomic E-state index is 13.2. The van der Waals surface area contributed by atoms with Crippen molar-refractivity contribution in [1.29, 1.82) is 0 Å². The van der Waals surface area contributed by atoms with E-state index in [0.717, 1.165) is 6.07 Å². The highest BCUT2D eigenvalue weighted by Crippen LogP contribution is 2.36. The van der Waals surface area contributed by atoms with Crippen molar-refractivity contribution in [3.8, 4) is 0 Å². The Morgan fingerprint density at radius 2 is 1.45 bits per heavy atom. The molecule has 3 aromatic rings. The first-order valence-electron chi connectivity index (χ1n) is 6.00. The maximum Gasteiger partial charge on any atom is 0.417 e. The first-order chi connectivity index (χ1) is 9.48. The fourth-order valence-corrected chi connectivity index (χ4v) is 2.41. The van der Waals surface area contributed by atoms with Gasteiger partial charge in [0, 0.05) is 10.8 Å². The van der Waals surface area contributed by atoms with Crippen molar-refractivity contribution < 1.29 is 13.2 Å².